The number of amides is 1. The standard InChI is InChI=1S/C78H141NO8/c1-3-5-7-9-11-13-15-17-19-21-23-25-27-29-31-33-34-35-36-37-38-40-42-44-46-48-50-52-54-56-58-60-62-64-66-68-74(82)79-71(70-86-78-77(85)76(84)75(83)73(69-80)87-78)72(81)67-65-63-61-59-57-55-53-51-49-47-45-43-41-39-32-30-28-26-24-22-20-18-16-14-12-10-8-6-4-2/h5,7,11,13,17,19,23,25,29,31,34-35,65,67,71-73,75-78,80-81,83-85H,3-4,6,8-10,12,14-16,18,20-22,24,26-28,30,32-33,36-64,66,68-70H2,1-2H3,(H,79,82)/b7-5-,13-11-,19-17-,25-23-,31-29-,35-34-,67-65+. The second kappa shape index (κ2) is 66.3. The first-order valence-electron chi connectivity index (χ1n) is 37.3. The minimum Gasteiger partial charge on any atom is -0.394 e. The van der Waals surface area contributed by atoms with E-state index >= 15 is 0 Å². The molecule has 1 fully saturated rings. The van der Waals surface area contributed by atoms with E-state index in [2.05, 4.69) is 92.1 Å². The minimum atomic E-state index is -1.57. The van der Waals surface area contributed by atoms with Gasteiger partial charge < -0.3 is 40.3 Å². The zero-order valence-electron chi connectivity index (χ0n) is 56.8. The summed E-state index contributed by atoms with van der Waals surface area (Å²) in [7, 11) is 0. The summed E-state index contributed by atoms with van der Waals surface area (Å²) in [6, 6.07) is -0.810. The Morgan fingerprint density at radius 2 is 0.713 bits per heavy atom. The molecule has 7 unspecified atom stereocenters. The average Bonchev–Trinajstić information content (AvgIpc) is 3.47. The molecule has 6 N–H and O–H groups in total. The molecular formula is C78H141NO8. The summed E-state index contributed by atoms with van der Waals surface area (Å²) < 4.78 is 11.3. The summed E-state index contributed by atoms with van der Waals surface area (Å²) in [6.45, 7) is 3.71. The van der Waals surface area contributed by atoms with E-state index in [0.29, 0.717) is 6.42 Å². The lowest BCUT2D eigenvalue weighted by molar-refractivity contribution is -0.302. The molecule has 1 rings (SSSR count). The topological polar surface area (TPSA) is 149 Å². The van der Waals surface area contributed by atoms with Crippen LogP contribution in [0.3, 0.4) is 0 Å². The third-order valence-corrected chi connectivity index (χ3v) is 17.5. The van der Waals surface area contributed by atoms with Gasteiger partial charge in [0.1, 0.15) is 24.4 Å². The van der Waals surface area contributed by atoms with E-state index in [9.17, 15) is 30.3 Å². The second-order valence-electron chi connectivity index (χ2n) is 25.7. The van der Waals surface area contributed by atoms with Gasteiger partial charge in [-0.1, -0.05) is 356 Å². The number of aliphatic hydroxyl groups is 5. The van der Waals surface area contributed by atoms with Gasteiger partial charge in [0.25, 0.3) is 0 Å². The van der Waals surface area contributed by atoms with E-state index in [1.165, 1.54) is 250 Å². The Hall–Kier alpha value is -2.63. The van der Waals surface area contributed by atoms with Crippen LogP contribution in [0, 0.1) is 0 Å². The smallest absolute Gasteiger partial charge is 0.220 e. The average molecular weight is 1220 g/mol. The maximum absolute atomic E-state index is 13.2. The fourth-order valence-electron chi connectivity index (χ4n) is 11.7. The Labute approximate surface area is 537 Å². The molecule has 87 heavy (non-hydrogen) atoms. The first-order valence-corrected chi connectivity index (χ1v) is 37.3. The van der Waals surface area contributed by atoms with Gasteiger partial charge in [-0.2, -0.15) is 0 Å². The Morgan fingerprint density at radius 3 is 1.06 bits per heavy atom. The zero-order valence-corrected chi connectivity index (χ0v) is 56.8. The van der Waals surface area contributed by atoms with Crippen molar-refractivity contribution in [2.75, 3.05) is 13.2 Å². The SMILES string of the molecule is CC/C=C\C/C=C\C/C=C\C/C=C\C/C=C\C/C=C\CCCCCCCCCCCCCCCCCCC(=O)NC(COC1OC(CO)C(O)C(O)C1O)C(O)/C=C/CCCCCCCCCCCCCCCCCCCCCCCCCCCCC. The molecular weight excluding hydrogens is 1080 g/mol. The molecule has 1 heterocycles. The molecule has 1 aliphatic rings. The van der Waals surface area contributed by atoms with Crippen molar-refractivity contribution < 1.29 is 39.8 Å². The number of hydrogen-bond donors (Lipinski definition) is 6. The molecule has 0 aromatic heterocycles. The molecule has 0 saturated carbocycles. The number of rotatable bonds is 65. The van der Waals surface area contributed by atoms with E-state index in [0.717, 1.165) is 77.0 Å². The molecule has 506 valence electrons. The Balaban J connectivity index is 2.11. The number of aliphatic hydroxyl groups excluding tert-OH is 5. The predicted octanol–water partition coefficient (Wildman–Crippen LogP) is 20.9. The number of carbonyl (C=O) groups excluding carboxylic acids is 1. The van der Waals surface area contributed by atoms with Gasteiger partial charge in [-0.05, 0) is 70.6 Å². The summed E-state index contributed by atoms with van der Waals surface area (Å²) >= 11 is 0. The zero-order chi connectivity index (χ0) is 62.8. The fourth-order valence-corrected chi connectivity index (χ4v) is 11.7. The lowest BCUT2D eigenvalue weighted by atomic mass is 9.99. The molecule has 0 aromatic carbocycles. The van der Waals surface area contributed by atoms with Crippen molar-refractivity contribution in [2.45, 2.75) is 391 Å². The number of ether oxygens (including phenoxy) is 2. The van der Waals surface area contributed by atoms with Crippen LogP contribution < -0.4 is 5.32 Å². The van der Waals surface area contributed by atoms with Gasteiger partial charge in [-0.25, -0.2) is 0 Å². The molecule has 9 heteroatoms. The largest absolute Gasteiger partial charge is 0.394 e. The third kappa shape index (κ3) is 54.8. The van der Waals surface area contributed by atoms with Crippen LogP contribution in [0.25, 0.3) is 0 Å². The molecule has 1 saturated heterocycles. The Kier molecular flexibility index (Phi) is 62.8. The van der Waals surface area contributed by atoms with Crippen LogP contribution in [0.4, 0.5) is 0 Å². The van der Waals surface area contributed by atoms with Gasteiger partial charge in [0.05, 0.1) is 25.4 Å². The molecule has 1 amide bonds. The maximum Gasteiger partial charge on any atom is 0.220 e. The molecule has 0 spiro atoms. The van der Waals surface area contributed by atoms with E-state index in [1.807, 2.05) is 6.08 Å². The molecule has 0 bridgehead atoms. The second-order valence-corrected chi connectivity index (χ2v) is 25.7. The lowest BCUT2D eigenvalue weighted by Crippen LogP contribution is -2.60. The van der Waals surface area contributed by atoms with Crippen molar-refractivity contribution in [3.8, 4) is 0 Å². The van der Waals surface area contributed by atoms with Crippen molar-refractivity contribution >= 4 is 5.91 Å². The highest BCUT2D eigenvalue weighted by Crippen LogP contribution is 2.23. The normalized spacial score (nSPS) is 18.4. The van der Waals surface area contributed by atoms with Gasteiger partial charge in [-0.15, -0.1) is 0 Å². The predicted molar refractivity (Wildman–Crippen MR) is 373 cm³/mol. The number of carbonyl (C=O) groups is 1. The molecule has 7 atom stereocenters. The van der Waals surface area contributed by atoms with Crippen molar-refractivity contribution in [1.82, 2.24) is 5.32 Å². The highest BCUT2D eigenvalue weighted by atomic mass is 16.7. The number of unbranched alkanes of at least 4 members (excludes halogenated alkanes) is 43. The molecule has 0 aromatic rings. The number of nitrogens with one attached hydrogen (secondary N) is 1. The van der Waals surface area contributed by atoms with Crippen LogP contribution in [0.2, 0.25) is 0 Å². The van der Waals surface area contributed by atoms with Gasteiger partial charge in [0.2, 0.25) is 5.91 Å². The van der Waals surface area contributed by atoms with Crippen molar-refractivity contribution in [2.24, 2.45) is 0 Å². The highest BCUT2D eigenvalue weighted by molar-refractivity contribution is 5.76. The van der Waals surface area contributed by atoms with Gasteiger partial charge in [0.15, 0.2) is 6.29 Å². The van der Waals surface area contributed by atoms with E-state index in [4.69, 9.17) is 9.47 Å². The third-order valence-electron chi connectivity index (χ3n) is 17.5. The van der Waals surface area contributed by atoms with Crippen LogP contribution in [-0.2, 0) is 14.3 Å². The Bertz CT molecular complexity index is 1650. The fraction of sp³-hybridized carbons (Fsp3) is 0.808. The van der Waals surface area contributed by atoms with Gasteiger partial charge in [0, 0.05) is 6.42 Å². The molecule has 9 nitrogen and oxygen atoms in total. The first-order chi connectivity index (χ1) is 42.8. The van der Waals surface area contributed by atoms with Gasteiger partial charge >= 0.3 is 0 Å². The number of allylic oxidation sites excluding steroid dienone is 13. The molecule has 0 radical (unpaired) electrons. The van der Waals surface area contributed by atoms with E-state index < -0.39 is 49.5 Å². The first kappa shape index (κ1) is 82.4. The lowest BCUT2D eigenvalue weighted by Gasteiger charge is -2.40. The highest BCUT2D eigenvalue weighted by Gasteiger charge is 2.44. The summed E-state index contributed by atoms with van der Waals surface area (Å²) in [6.07, 6.45) is 88.4. The van der Waals surface area contributed by atoms with Crippen molar-refractivity contribution in [1.29, 1.82) is 0 Å². The van der Waals surface area contributed by atoms with E-state index in [-0.39, 0.29) is 12.5 Å². The van der Waals surface area contributed by atoms with Crippen LogP contribution in [-0.4, -0.2) is 87.5 Å². The summed E-state index contributed by atoms with van der Waals surface area (Å²) in [5.41, 5.74) is 0. The van der Waals surface area contributed by atoms with Crippen molar-refractivity contribution in [3.05, 3.63) is 85.1 Å². The summed E-state index contributed by atoms with van der Waals surface area (Å²) in [5.74, 6) is -0.174. The quantitative estimate of drug-likeness (QED) is 0.0261. The molecule has 1 aliphatic heterocycles. The maximum atomic E-state index is 13.2. The van der Waals surface area contributed by atoms with Crippen LogP contribution in [0.1, 0.15) is 348 Å². The van der Waals surface area contributed by atoms with Crippen molar-refractivity contribution in [3.63, 3.8) is 0 Å². The Morgan fingerprint density at radius 1 is 0.402 bits per heavy atom. The van der Waals surface area contributed by atoms with Crippen LogP contribution >= 0.6 is 0 Å². The van der Waals surface area contributed by atoms with Gasteiger partial charge in [-0.3, -0.25) is 4.79 Å². The van der Waals surface area contributed by atoms with E-state index in [1.54, 1.807) is 6.08 Å². The molecule has 0 aliphatic carbocycles. The summed E-state index contributed by atoms with van der Waals surface area (Å²) in [4.78, 5) is 13.2. The minimum absolute atomic E-state index is 0.174. The monoisotopic (exact) mass is 1220 g/mol. The van der Waals surface area contributed by atoms with Crippen LogP contribution in [0.5, 0.6) is 0 Å². The van der Waals surface area contributed by atoms with Crippen LogP contribution in [0.15, 0.2) is 85.1 Å². The summed E-state index contributed by atoms with van der Waals surface area (Å²) in [5, 5.41) is 54.9. The number of hydrogen-bond acceptors (Lipinski definition) is 8.